The van der Waals surface area contributed by atoms with E-state index in [4.69, 9.17) is 9.47 Å². The molecule has 6 nitrogen and oxygen atoms in total. The normalized spacial score (nSPS) is 15.5. The topological polar surface area (TPSA) is 55.7 Å². The van der Waals surface area contributed by atoms with Gasteiger partial charge < -0.3 is 24.3 Å². The fourth-order valence-corrected chi connectivity index (χ4v) is 3.85. The number of carbonyl (C=O) groups is 1. The van der Waals surface area contributed by atoms with Crippen LogP contribution in [0, 0.1) is 0 Å². The standard InChI is InChI=1S/C23H25N3O3/c1-28-20-11-10-18(15-21(20)29-2)22-19-9-6-12-25(19)13-14-26(22)23(27)24-16-17-7-4-3-5-8-17/h3-12,15,22H,13-14,16H2,1-2H3,(H,24,27)/t22-/m0/s1. The predicted molar refractivity (Wildman–Crippen MR) is 111 cm³/mol. The Morgan fingerprint density at radius 3 is 2.55 bits per heavy atom. The summed E-state index contributed by atoms with van der Waals surface area (Å²) in [5.74, 6) is 1.32. The fourth-order valence-electron chi connectivity index (χ4n) is 3.85. The smallest absolute Gasteiger partial charge is 0.318 e. The van der Waals surface area contributed by atoms with Crippen LogP contribution in [0.25, 0.3) is 0 Å². The Labute approximate surface area is 170 Å². The van der Waals surface area contributed by atoms with Crippen LogP contribution in [-0.2, 0) is 13.1 Å². The van der Waals surface area contributed by atoms with Crippen molar-refractivity contribution in [2.45, 2.75) is 19.1 Å². The lowest BCUT2D eigenvalue weighted by atomic mass is 9.99. The van der Waals surface area contributed by atoms with Crippen LogP contribution in [0.5, 0.6) is 11.5 Å². The fraction of sp³-hybridized carbons (Fsp3) is 0.261. The summed E-state index contributed by atoms with van der Waals surface area (Å²) < 4.78 is 13.1. The molecule has 1 aliphatic heterocycles. The highest BCUT2D eigenvalue weighted by molar-refractivity contribution is 5.75. The summed E-state index contributed by atoms with van der Waals surface area (Å²) in [7, 11) is 3.24. The number of carbonyl (C=O) groups excluding carboxylic acids is 1. The number of aromatic nitrogens is 1. The first-order valence-electron chi connectivity index (χ1n) is 9.66. The molecule has 1 atom stereocenters. The summed E-state index contributed by atoms with van der Waals surface area (Å²) in [5, 5.41) is 3.06. The van der Waals surface area contributed by atoms with Crippen LogP contribution < -0.4 is 14.8 Å². The van der Waals surface area contributed by atoms with Crippen LogP contribution in [0.15, 0.2) is 66.9 Å². The lowest BCUT2D eigenvalue weighted by Crippen LogP contribution is -2.47. The summed E-state index contributed by atoms with van der Waals surface area (Å²) >= 11 is 0. The molecular formula is C23H25N3O3. The van der Waals surface area contributed by atoms with Gasteiger partial charge in [-0.05, 0) is 35.4 Å². The van der Waals surface area contributed by atoms with Crippen molar-refractivity contribution in [2.24, 2.45) is 0 Å². The number of ether oxygens (including phenoxy) is 2. The zero-order valence-electron chi connectivity index (χ0n) is 16.7. The summed E-state index contributed by atoms with van der Waals surface area (Å²) in [5.41, 5.74) is 3.14. The molecule has 2 aromatic carbocycles. The molecule has 3 aromatic rings. The third kappa shape index (κ3) is 3.78. The lowest BCUT2D eigenvalue weighted by Gasteiger charge is -2.37. The van der Waals surface area contributed by atoms with Gasteiger partial charge in [0.05, 0.1) is 20.3 Å². The maximum atomic E-state index is 13.1. The van der Waals surface area contributed by atoms with Crippen molar-refractivity contribution in [1.82, 2.24) is 14.8 Å². The Hall–Kier alpha value is -3.41. The average molecular weight is 391 g/mol. The molecule has 0 bridgehead atoms. The molecule has 6 heteroatoms. The molecule has 4 rings (SSSR count). The maximum Gasteiger partial charge on any atom is 0.318 e. The highest BCUT2D eigenvalue weighted by atomic mass is 16.5. The summed E-state index contributed by atoms with van der Waals surface area (Å²) in [6, 6.07) is 19.6. The predicted octanol–water partition coefficient (Wildman–Crippen LogP) is 3.82. The van der Waals surface area contributed by atoms with E-state index >= 15 is 0 Å². The number of urea groups is 1. The van der Waals surface area contributed by atoms with E-state index in [0.717, 1.165) is 23.4 Å². The van der Waals surface area contributed by atoms with E-state index in [1.807, 2.05) is 59.5 Å². The van der Waals surface area contributed by atoms with Crippen LogP contribution in [-0.4, -0.2) is 36.3 Å². The number of hydrogen-bond acceptors (Lipinski definition) is 3. The van der Waals surface area contributed by atoms with Gasteiger partial charge in [-0.2, -0.15) is 0 Å². The van der Waals surface area contributed by atoms with Crippen LogP contribution in [0.1, 0.15) is 22.9 Å². The molecule has 0 aliphatic carbocycles. The van der Waals surface area contributed by atoms with E-state index in [1.165, 1.54) is 0 Å². The van der Waals surface area contributed by atoms with Crippen LogP contribution >= 0.6 is 0 Å². The summed E-state index contributed by atoms with van der Waals surface area (Å²) in [4.78, 5) is 15.0. The van der Waals surface area contributed by atoms with Crippen LogP contribution in [0.4, 0.5) is 4.79 Å². The van der Waals surface area contributed by atoms with E-state index < -0.39 is 0 Å². The molecule has 0 spiro atoms. The number of hydrogen-bond donors (Lipinski definition) is 1. The molecule has 0 fully saturated rings. The molecule has 150 valence electrons. The third-order valence-electron chi connectivity index (χ3n) is 5.31. The minimum Gasteiger partial charge on any atom is -0.493 e. The first-order valence-corrected chi connectivity index (χ1v) is 9.66. The van der Waals surface area contributed by atoms with Gasteiger partial charge in [0, 0.05) is 31.5 Å². The minimum absolute atomic E-state index is 0.0823. The van der Waals surface area contributed by atoms with Crippen molar-refractivity contribution in [3.05, 3.63) is 83.7 Å². The Bertz CT molecular complexity index is 984. The molecule has 1 N–H and O–H groups in total. The van der Waals surface area contributed by atoms with Gasteiger partial charge in [0.2, 0.25) is 0 Å². The summed E-state index contributed by atoms with van der Waals surface area (Å²) in [6.07, 6.45) is 2.06. The average Bonchev–Trinajstić information content (AvgIpc) is 3.26. The van der Waals surface area contributed by atoms with Gasteiger partial charge in [-0.25, -0.2) is 4.79 Å². The Morgan fingerprint density at radius 1 is 1.00 bits per heavy atom. The van der Waals surface area contributed by atoms with E-state index in [-0.39, 0.29) is 12.1 Å². The Balaban J connectivity index is 1.63. The second-order valence-corrected chi connectivity index (χ2v) is 6.98. The number of methoxy groups -OCH3 is 2. The van der Waals surface area contributed by atoms with Crippen molar-refractivity contribution in [3.8, 4) is 11.5 Å². The molecule has 0 unspecified atom stereocenters. The first-order chi connectivity index (χ1) is 14.2. The minimum atomic E-state index is -0.200. The van der Waals surface area contributed by atoms with Gasteiger partial charge >= 0.3 is 6.03 Å². The van der Waals surface area contributed by atoms with E-state index in [9.17, 15) is 4.79 Å². The van der Waals surface area contributed by atoms with Gasteiger partial charge in [0.15, 0.2) is 11.5 Å². The van der Waals surface area contributed by atoms with Crippen LogP contribution in [0.3, 0.4) is 0 Å². The highest BCUT2D eigenvalue weighted by Crippen LogP contribution is 2.37. The number of nitrogens with zero attached hydrogens (tertiary/aromatic N) is 2. The largest absolute Gasteiger partial charge is 0.493 e. The maximum absolute atomic E-state index is 13.1. The molecule has 0 radical (unpaired) electrons. The molecule has 29 heavy (non-hydrogen) atoms. The van der Waals surface area contributed by atoms with Crippen molar-refractivity contribution in [3.63, 3.8) is 0 Å². The second kappa shape index (κ2) is 8.31. The van der Waals surface area contributed by atoms with Gasteiger partial charge in [-0.15, -0.1) is 0 Å². The van der Waals surface area contributed by atoms with E-state index in [1.54, 1.807) is 14.2 Å². The summed E-state index contributed by atoms with van der Waals surface area (Å²) in [6.45, 7) is 1.89. The van der Waals surface area contributed by atoms with Crippen molar-refractivity contribution < 1.29 is 14.3 Å². The number of fused-ring (bicyclic) bond motifs is 1. The Morgan fingerprint density at radius 2 is 1.79 bits per heavy atom. The molecule has 2 heterocycles. The molecule has 1 aromatic heterocycles. The van der Waals surface area contributed by atoms with Gasteiger partial charge in [0.25, 0.3) is 0 Å². The zero-order chi connectivity index (χ0) is 20.2. The molecule has 1 aliphatic rings. The quantitative estimate of drug-likeness (QED) is 0.719. The van der Waals surface area contributed by atoms with Gasteiger partial charge in [-0.1, -0.05) is 36.4 Å². The number of rotatable bonds is 5. The van der Waals surface area contributed by atoms with Crippen LogP contribution in [0.2, 0.25) is 0 Å². The second-order valence-electron chi connectivity index (χ2n) is 6.98. The van der Waals surface area contributed by atoms with Crippen molar-refractivity contribution in [2.75, 3.05) is 20.8 Å². The van der Waals surface area contributed by atoms with E-state index in [0.29, 0.717) is 24.6 Å². The highest BCUT2D eigenvalue weighted by Gasteiger charge is 2.32. The lowest BCUT2D eigenvalue weighted by molar-refractivity contribution is 0.168. The third-order valence-corrected chi connectivity index (χ3v) is 5.31. The molecular weight excluding hydrogens is 366 g/mol. The number of benzene rings is 2. The SMILES string of the molecule is COc1ccc([C@H]2c3cccn3CCN2C(=O)NCc2ccccc2)cc1OC. The molecule has 0 saturated heterocycles. The first kappa shape index (κ1) is 18.9. The molecule has 0 saturated carbocycles. The van der Waals surface area contributed by atoms with Crippen molar-refractivity contribution in [1.29, 1.82) is 0 Å². The zero-order valence-corrected chi connectivity index (χ0v) is 16.7. The van der Waals surface area contributed by atoms with E-state index in [2.05, 4.69) is 22.1 Å². The number of amides is 2. The number of nitrogens with one attached hydrogen (secondary N) is 1. The van der Waals surface area contributed by atoms with Gasteiger partial charge in [-0.3, -0.25) is 0 Å². The van der Waals surface area contributed by atoms with Crippen molar-refractivity contribution >= 4 is 6.03 Å². The monoisotopic (exact) mass is 391 g/mol. The molecule has 2 amide bonds. The van der Waals surface area contributed by atoms with Gasteiger partial charge in [0.1, 0.15) is 0 Å². The Kier molecular flexibility index (Phi) is 5.42.